The van der Waals surface area contributed by atoms with Gasteiger partial charge in [0.25, 0.3) is 0 Å². The van der Waals surface area contributed by atoms with Gasteiger partial charge in [0.15, 0.2) is 0 Å². The van der Waals surface area contributed by atoms with Crippen LogP contribution in [0.5, 0.6) is 5.75 Å². The summed E-state index contributed by atoms with van der Waals surface area (Å²) in [5, 5.41) is 8.32. The van der Waals surface area contributed by atoms with Gasteiger partial charge in [-0.05, 0) is 6.07 Å². The van der Waals surface area contributed by atoms with E-state index in [-0.39, 0.29) is 0 Å². The minimum Gasteiger partial charge on any atom is -0.497 e. The van der Waals surface area contributed by atoms with Crippen molar-refractivity contribution in [3.63, 3.8) is 0 Å². The lowest BCUT2D eigenvalue weighted by Gasteiger charge is -2.00. The fourth-order valence-electron chi connectivity index (χ4n) is 1.16. The van der Waals surface area contributed by atoms with Gasteiger partial charge < -0.3 is 4.74 Å². The summed E-state index contributed by atoms with van der Waals surface area (Å²) in [6.07, 6.45) is 0. The van der Waals surface area contributed by atoms with Gasteiger partial charge in [0.2, 0.25) is 0 Å². The molecule has 0 radical (unpaired) electrons. The Hall–Kier alpha value is -0.930. The van der Waals surface area contributed by atoms with Crippen LogP contribution >= 0.6 is 23.2 Å². The van der Waals surface area contributed by atoms with E-state index in [2.05, 4.69) is 10.2 Å². The number of rotatable bonds is 1. The maximum Gasteiger partial charge on any atom is 0.133 e. The van der Waals surface area contributed by atoms with Crippen LogP contribution in [0.3, 0.4) is 0 Å². The lowest BCUT2D eigenvalue weighted by molar-refractivity contribution is 0.415. The number of methoxy groups -OCH3 is 1. The molecule has 2 rings (SSSR count). The molecule has 0 aliphatic carbocycles. The number of aromatic amines is 1. The van der Waals surface area contributed by atoms with Crippen molar-refractivity contribution in [2.45, 2.75) is 0 Å². The largest absolute Gasteiger partial charge is 0.497 e. The van der Waals surface area contributed by atoms with Crippen molar-refractivity contribution in [1.82, 2.24) is 10.2 Å². The van der Waals surface area contributed by atoms with Crippen molar-refractivity contribution >= 4 is 34.1 Å². The first-order chi connectivity index (χ1) is 6.22. The van der Waals surface area contributed by atoms with E-state index in [0.717, 1.165) is 5.39 Å². The lowest BCUT2D eigenvalue weighted by atomic mass is 10.2. The SMILES string of the molecule is COc1cc(Cl)c2c(Cl)[nH]nc2c1. The van der Waals surface area contributed by atoms with Gasteiger partial charge in [-0.15, -0.1) is 0 Å². The number of benzene rings is 1. The molecule has 1 N–H and O–H groups in total. The Bertz CT molecular complexity index is 453. The van der Waals surface area contributed by atoms with Crippen LogP contribution < -0.4 is 4.74 Å². The molecule has 13 heavy (non-hydrogen) atoms. The molecule has 2 aromatic rings. The molecule has 1 aromatic heterocycles. The number of ether oxygens (including phenoxy) is 1. The molecule has 0 spiro atoms. The highest BCUT2D eigenvalue weighted by atomic mass is 35.5. The zero-order valence-electron chi connectivity index (χ0n) is 6.77. The Balaban J connectivity index is 2.79. The summed E-state index contributed by atoms with van der Waals surface area (Å²) in [5.41, 5.74) is 0.703. The van der Waals surface area contributed by atoms with Crippen molar-refractivity contribution in [3.8, 4) is 5.75 Å². The minimum absolute atomic E-state index is 0.447. The fraction of sp³-hybridized carbons (Fsp3) is 0.125. The lowest BCUT2D eigenvalue weighted by Crippen LogP contribution is -1.82. The Morgan fingerprint density at radius 2 is 2.15 bits per heavy atom. The third-order valence-electron chi connectivity index (χ3n) is 1.77. The van der Waals surface area contributed by atoms with Crippen LogP contribution in [0.1, 0.15) is 0 Å². The summed E-state index contributed by atoms with van der Waals surface area (Å²) in [6.45, 7) is 0. The van der Waals surface area contributed by atoms with E-state index in [4.69, 9.17) is 27.9 Å². The number of hydrogen-bond donors (Lipinski definition) is 1. The number of hydrogen-bond acceptors (Lipinski definition) is 2. The standard InChI is InChI=1S/C8H6Cl2N2O/c1-13-4-2-5(9)7-6(3-4)11-12-8(7)10/h2-3H,1H3,(H,11,12). The normalized spacial score (nSPS) is 10.7. The molecular formula is C8H6Cl2N2O. The Morgan fingerprint density at radius 1 is 1.38 bits per heavy atom. The molecular weight excluding hydrogens is 211 g/mol. The second-order valence-electron chi connectivity index (χ2n) is 2.54. The smallest absolute Gasteiger partial charge is 0.133 e. The quantitative estimate of drug-likeness (QED) is 0.797. The maximum absolute atomic E-state index is 5.96. The summed E-state index contributed by atoms with van der Waals surface area (Å²) in [7, 11) is 1.58. The highest BCUT2D eigenvalue weighted by Gasteiger charge is 2.09. The Labute approximate surface area is 84.6 Å². The number of H-pyrrole nitrogens is 1. The second-order valence-corrected chi connectivity index (χ2v) is 3.33. The van der Waals surface area contributed by atoms with Crippen LogP contribution in [0.15, 0.2) is 12.1 Å². The van der Waals surface area contributed by atoms with E-state index in [9.17, 15) is 0 Å². The number of halogens is 2. The number of nitrogens with one attached hydrogen (secondary N) is 1. The molecule has 0 unspecified atom stereocenters. The maximum atomic E-state index is 5.96. The van der Waals surface area contributed by atoms with Crippen LogP contribution in [0.4, 0.5) is 0 Å². The van der Waals surface area contributed by atoms with Crippen LogP contribution in [0.25, 0.3) is 10.9 Å². The van der Waals surface area contributed by atoms with E-state index >= 15 is 0 Å². The van der Waals surface area contributed by atoms with Crippen LogP contribution in [0.2, 0.25) is 10.2 Å². The van der Waals surface area contributed by atoms with Crippen molar-refractivity contribution < 1.29 is 4.74 Å². The zero-order valence-corrected chi connectivity index (χ0v) is 8.28. The topological polar surface area (TPSA) is 37.9 Å². The van der Waals surface area contributed by atoms with E-state index in [1.165, 1.54) is 0 Å². The second kappa shape index (κ2) is 3.09. The predicted molar refractivity (Wildman–Crippen MR) is 52.7 cm³/mol. The molecule has 0 aliphatic rings. The minimum atomic E-state index is 0.447. The molecule has 0 saturated heterocycles. The molecule has 1 heterocycles. The van der Waals surface area contributed by atoms with Crippen LogP contribution in [-0.2, 0) is 0 Å². The average Bonchev–Trinajstić information content (AvgIpc) is 2.48. The molecule has 0 fully saturated rings. The van der Waals surface area contributed by atoms with E-state index in [1.807, 2.05) is 0 Å². The molecule has 1 aromatic carbocycles. The van der Waals surface area contributed by atoms with Crippen molar-refractivity contribution in [3.05, 3.63) is 22.3 Å². The molecule has 68 valence electrons. The molecule has 0 atom stereocenters. The predicted octanol–water partition coefficient (Wildman–Crippen LogP) is 2.88. The zero-order chi connectivity index (χ0) is 9.42. The van der Waals surface area contributed by atoms with Gasteiger partial charge >= 0.3 is 0 Å². The Kier molecular flexibility index (Phi) is 2.06. The van der Waals surface area contributed by atoms with E-state index in [0.29, 0.717) is 21.4 Å². The first-order valence-corrected chi connectivity index (χ1v) is 4.35. The van der Waals surface area contributed by atoms with Crippen molar-refractivity contribution in [2.24, 2.45) is 0 Å². The molecule has 3 nitrogen and oxygen atoms in total. The van der Waals surface area contributed by atoms with Gasteiger partial charge in [-0.25, -0.2) is 0 Å². The highest BCUT2D eigenvalue weighted by molar-refractivity contribution is 6.41. The Morgan fingerprint density at radius 3 is 2.85 bits per heavy atom. The summed E-state index contributed by atoms with van der Waals surface area (Å²) in [5.74, 6) is 0.667. The third-order valence-corrected chi connectivity index (χ3v) is 2.34. The van der Waals surface area contributed by atoms with Gasteiger partial charge in [0.05, 0.1) is 23.0 Å². The first kappa shape index (κ1) is 8.66. The monoisotopic (exact) mass is 216 g/mol. The van der Waals surface area contributed by atoms with Gasteiger partial charge in [0.1, 0.15) is 10.9 Å². The molecule has 0 saturated carbocycles. The number of nitrogens with zero attached hydrogens (tertiary/aromatic N) is 1. The van der Waals surface area contributed by atoms with Gasteiger partial charge in [0, 0.05) is 6.07 Å². The van der Waals surface area contributed by atoms with Crippen LogP contribution in [-0.4, -0.2) is 17.3 Å². The molecule has 0 bridgehead atoms. The van der Waals surface area contributed by atoms with Gasteiger partial charge in [-0.1, -0.05) is 23.2 Å². The summed E-state index contributed by atoms with van der Waals surface area (Å²) in [4.78, 5) is 0. The summed E-state index contributed by atoms with van der Waals surface area (Å²) < 4.78 is 5.03. The third kappa shape index (κ3) is 1.34. The molecule has 5 heteroatoms. The molecule has 0 aliphatic heterocycles. The van der Waals surface area contributed by atoms with Crippen molar-refractivity contribution in [1.29, 1.82) is 0 Å². The average molecular weight is 217 g/mol. The van der Waals surface area contributed by atoms with Gasteiger partial charge in [-0.2, -0.15) is 5.10 Å². The summed E-state index contributed by atoms with van der Waals surface area (Å²) in [6, 6.07) is 3.47. The molecule has 0 amide bonds. The van der Waals surface area contributed by atoms with E-state index < -0.39 is 0 Å². The van der Waals surface area contributed by atoms with Gasteiger partial charge in [-0.3, -0.25) is 5.10 Å². The highest BCUT2D eigenvalue weighted by Crippen LogP contribution is 2.32. The number of aromatic nitrogens is 2. The van der Waals surface area contributed by atoms with E-state index in [1.54, 1.807) is 19.2 Å². The summed E-state index contributed by atoms with van der Waals surface area (Å²) >= 11 is 11.8. The van der Waals surface area contributed by atoms with Crippen LogP contribution in [0, 0.1) is 0 Å². The fourth-order valence-corrected chi connectivity index (χ4v) is 1.74. The number of fused-ring (bicyclic) bond motifs is 1. The van der Waals surface area contributed by atoms with Crippen molar-refractivity contribution in [2.75, 3.05) is 7.11 Å². The first-order valence-electron chi connectivity index (χ1n) is 3.59.